The Labute approximate surface area is 277 Å². The van der Waals surface area contributed by atoms with Gasteiger partial charge in [-0.2, -0.15) is 0 Å². The summed E-state index contributed by atoms with van der Waals surface area (Å²) < 4.78 is 0. The number of hydrogen-bond donors (Lipinski definition) is 2. The highest BCUT2D eigenvalue weighted by Crippen LogP contribution is 2.15. The normalized spacial score (nSPS) is 12.3. The number of amides is 1. The van der Waals surface area contributed by atoms with Gasteiger partial charge in [-0.1, -0.05) is 199 Å². The van der Waals surface area contributed by atoms with Gasteiger partial charge in [0.2, 0.25) is 5.91 Å². The predicted molar refractivity (Wildman–Crippen MR) is 196 cm³/mol. The van der Waals surface area contributed by atoms with Crippen LogP contribution < -0.4 is 5.32 Å². The molecule has 2 N–H and O–H groups in total. The van der Waals surface area contributed by atoms with Crippen molar-refractivity contribution in [3.63, 3.8) is 0 Å². The first-order valence-corrected chi connectivity index (χ1v) is 20.3. The van der Waals surface area contributed by atoms with E-state index >= 15 is 0 Å². The molecule has 0 fully saturated rings. The third-order valence-corrected chi connectivity index (χ3v) is 9.34. The molecule has 1 amide bonds. The van der Waals surface area contributed by atoms with Crippen molar-refractivity contribution in [2.75, 3.05) is 6.54 Å². The second-order valence-electron chi connectivity index (χ2n) is 13.9. The van der Waals surface area contributed by atoms with Gasteiger partial charge in [-0.05, 0) is 38.5 Å². The fraction of sp³-hybridized carbons (Fsp3) is 0.927. The Balaban J connectivity index is 3.28. The summed E-state index contributed by atoms with van der Waals surface area (Å²) in [5.41, 5.74) is 0. The zero-order chi connectivity index (χ0) is 32.0. The summed E-state index contributed by atoms with van der Waals surface area (Å²) in [6, 6.07) is 0. The summed E-state index contributed by atoms with van der Waals surface area (Å²) in [5.74, 6) is 0.114. The van der Waals surface area contributed by atoms with E-state index in [1.54, 1.807) is 0 Å². The second-order valence-corrected chi connectivity index (χ2v) is 13.9. The van der Waals surface area contributed by atoms with Crippen LogP contribution in [0.4, 0.5) is 0 Å². The molecule has 0 aromatic heterocycles. The maximum absolute atomic E-state index is 12.1. The molecular weight excluding hydrogens is 538 g/mol. The third kappa shape index (κ3) is 37.4. The number of aliphatic hydroxyl groups is 1. The largest absolute Gasteiger partial charge is 0.391 e. The van der Waals surface area contributed by atoms with E-state index in [4.69, 9.17) is 0 Å². The summed E-state index contributed by atoms with van der Waals surface area (Å²) in [7, 11) is 0. The molecule has 44 heavy (non-hydrogen) atoms. The quantitative estimate of drug-likeness (QED) is 0.0537. The van der Waals surface area contributed by atoms with Crippen LogP contribution >= 0.6 is 0 Å². The molecule has 0 spiro atoms. The minimum atomic E-state index is -0.386. The predicted octanol–water partition coefficient (Wildman–Crippen LogP) is 13.3. The third-order valence-electron chi connectivity index (χ3n) is 9.34. The zero-order valence-electron chi connectivity index (χ0n) is 30.3. The van der Waals surface area contributed by atoms with Gasteiger partial charge in [-0.15, -0.1) is 0 Å². The summed E-state index contributed by atoms with van der Waals surface area (Å²) in [5, 5.41) is 13.2. The lowest BCUT2D eigenvalue weighted by molar-refractivity contribution is -0.121. The zero-order valence-corrected chi connectivity index (χ0v) is 30.3. The van der Waals surface area contributed by atoms with E-state index in [1.165, 1.54) is 186 Å². The van der Waals surface area contributed by atoms with Crippen LogP contribution in [0.1, 0.15) is 232 Å². The van der Waals surface area contributed by atoms with E-state index in [1.807, 2.05) is 0 Å². The molecule has 1 atom stereocenters. The van der Waals surface area contributed by atoms with Gasteiger partial charge in [0.1, 0.15) is 0 Å². The van der Waals surface area contributed by atoms with Gasteiger partial charge in [0.25, 0.3) is 0 Å². The van der Waals surface area contributed by atoms with Crippen molar-refractivity contribution in [3.8, 4) is 0 Å². The SMILES string of the molecule is CCCCCCCC/C=C\CCCCCCCCCCCCCC(=O)NC[C@@H](O)CCCCCCCCCCCCCCC. The number of carbonyl (C=O) groups excluding carboxylic acids is 1. The molecule has 0 bridgehead atoms. The maximum Gasteiger partial charge on any atom is 0.220 e. The second kappa shape index (κ2) is 38.4. The molecule has 0 unspecified atom stereocenters. The number of hydrogen-bond acceptors (Lipinski definition) is 2. The van der Waals surface area contributed by atoms with Crippen LogP contribution in [0, 0.1) is 0 Å². The maximum atomic E-state index is 12.1. The van der Waals surface area contributed by atoms with Crippen LogP contribution in [0.3, 0.4) is 0 Å². The highest BCUT2D eigenvalue weighted by Gasteiger charge is 2.07. The summed E-state index contributed by atoms with van der Waals surface area (Å²) in [6.07, 6.45) is 48.6. The Hall–Kier alpha value is -0.830. The van der Waals surface area contributed by atoms with Crippen LogP contribution in [0.2, 0.25) is 0 Å². The number of unbranched alkanes of at least 4 members (excludes halogenated alkanes) is 29. The van der Waals surface area contributed by atoms with Crippen molar-refractivity contribution in [1.29, 1.82) is 0 Å². The van der Waals surface area contributed by atoms with Crippen LogP contribution in [0.25, 0.3) is 0 Å². The molecule has 0 radical (unpaired) electrons. The molecule has 0 rings (SSSR count). The average molecular weight is 620 g/mol. The van der Waals surface area contributed by atoms with Gasteiger partial charge in [-0.25, -0.2) is 0 Å². The van der Waals surface area contributed by atoms with Gasteiger partial charge in [0, 0.05) is 13.0 Å². The van der Waals surface area contributed by atoms with Crippen molar-refractivity contribution in [3.05, 3.63) is 12.2 Å². The minimum Gasteiger partial charge on any atom is -0.391 e. The smallest absolute Gasteiger partial charge is 0.220 e. The number of allylic oxidation sites excluding steroid dienone is 2. The van der Waals surface area contributed by atoms with Gasteiger partial charge < -0.3 is 10.4 Å². The molecule has 0 aliphatic heterocycles. The van der Waals surface area contributed by atoms with Crippen LogP contribution in [-0.2, 0) is 4.79 Å². The highest BCUT2D eigenvalue weighted by molar-refractivity contribution is 5.75. The number of aliphatic hydroxyl groups excluding tert-OH is 1. The van der Waals surface area contributed by atoms with Crippen molar-refractivity contribution in [1.82, 2.24) is 5.32 Å². The van der Waals surface area contributed by atoms with Gasteiger partial charge in [0.05, 0.1) is 6.10 Å². The van der Waals surface area contributed by atoms with Crippen molar-refractivity contribution in [2.45, 2.75) is 238 Å². The summed E-state index contributed by atoms with van der Waals surface area (Å²) in [6.45, 7) is 4.99. The lowest BCUT2D eigenvalue weighted by Gasteiger charge is -2.12. The summed E-state index contributed by atoms with van der Waals surface area (Å²) >= 11 is 0. The van der Waals surface area contributed by atoms with Gasteiger partial charge in [0.15, 0.2) is 0 Å². The Kier molecular flexibility index (Phi) is 37.6. The van der Waals surface area contributed by atoms with E-state index in [0.717, 1.165) is 25.7 Å². The molecule has 3 heteroatoms. The van der Waals surface area contributed by atoms with Crippen LogP contribution in [-0.4, -0.2) is 23.7 Å². The van der Waals surface area contributed by atoms with Crippen LogP contribution in [0.5, 0.6) is 0 Å². The standard InChI is InChI=1S/C41H81NO2/c1-3-5-7-9-11-13-15-17-18-19-20-21-22-23-24-26-28-30-32-34-36-38-41(44)42-39-40(43)37-35-33-31-29-27-25-16-14-12-10-8-6-4-2/h17-18,40,43H,3-16,19-39H2,1-2H3,(H,42,44)/b18-17-/t40-/m0/s1. The van der Waals surface area contributed by atoms with E-state index in [0.29, 0.717) is 13.0 Å². The number of nitrogens with one attached hydrogen (secondary N) is 1. The van der Waals surface area contributed by atoms with E-state index in [-0.39, 0.29) is 12.0 Å². The van der Waals surface area contributed by atoms with Crippen LogP contribution in [0.15, 0.2) is 12.2 Å². The summed E-state index contributed by atoms with van der Waals surface area (Å²) in [4.78, 5) is 12.1. The topological polar surface area (TPSA) is 49.3 Å². The highest BCUT2D eigenvalue weighted by atomic mass is 16.3. The first-order chi connectivity index (χ1) is 21.7. The molecule has 0 saturated carbocycles. The molecule has 0 aromatic rings. The first kappa shape index (κ1) is 43.2. The monoisotopic (exact) mass is 620 g/mol. The lowest BCUT2D eigenvalue weighted by Crippen LogP contribution is -2.31. The number of carbonyl (C=O) groups is 1. The molecule has 0 saturated heterocycles. The average Bonchev–Trinajstić information content (AvgIpc) is 3.03. The number of rotatable bonds is 37. The fourth-order valence-corrected chi connectivity index (χ4v) is 6.24. The molecule has 0 heterocycles. The molecule has 262 valence electrons. The van der Waals surface area contributed by atoms with Gasteiger partial charge in [-0.3, -0.25) is 4.79 Å². The fourth-order valence-electron chi connectivity index (χ4n) is 6.24. The minimum absolute atomic E-state index is 0.114. The molecule has 0 aliphatic rings. The lowest BCUT2D eigenvalue weighted by atomic mass is 10.0. The van der Waals surface area contributed by atoms with E-state index < -0.39 is 0 Å². The Morgan fingerprint density at radius 1 is 0.477 bits per heavy atom. The van der Waals surface area contributed by atoms with Crippen molar-refractivity contribution < 1.29 is 9.90 Å². The Morgan fingerprint density at radius 3 is 1.18 bits per heavy atom. The molecular formula is C41H81NO2. The van der Waals surface area contributed by atoms with Crippen molar-refractivity contribution >= 4 is 5.91 Å². The first-order valence-electron chi connectivity index (χ1n) is 20.3. The van der Waals surface area contributed by atoms with E-state index in [2.05, 4.69) is 31.3 Å². The Bertz CT molecular complexity index is 575. The molecule has 3 nitrogen and oxygen atoms in total. The van der Waals surface area contributed by atoms with Crippen molar-refractivity contribution in [2.24, 2.45) is 0 Å². The molecule has 0 aliphatic carbocycles. The van der Waals surface area contributed by atoms with E-state index in [9.17, 15) is 9.90 Å². The van der Waals surface area contributed by atoms with Gasteiger partial charge >= 0.3 is 0 Å². The Morgan fingerprint density at radius 2 is 0.795 bits per heavy atom. The molecule has 0 aromatic carbocycles.